The highest BCUT2D eigenvalue weighted by Gasteiger charge is 2.14. The maximum absolute atomic E-state index is 12.7. The first-order valence-corrected chi connectivity index (χ1v) is 11.1. The van der Waals surface area contributed by atoms with E-state index < -0.39 is 5.69 Å². The highest BCUT2D eigenvalue weighted by molar-refractivity contribution is 7.98. The topological polar surface area (TPSA) is 90.5 Å². The lowest BCUT2D eigenvalue weighted by molar-refractivity contribution is -0.122. The molecule has 0 saturated heterocycles. The van der Waals surface area contributed by atoms with Crippen LogP contribution in [0.1, 0.15) is 11.1 Å². The Bertz CT molecular complexity index is 1290. The van der Waals surface area contributed by atoms with Crippen LogP contribution in [0.4, 0.5) is 0 Å². The summed E-state index contributed by atoms with van der Waals surface area (Å²) in [4.78, 5) is 29.4. The fraction of sp³-hybridized carbons (Fsp3) is 0.182. The van der Waals surface area contributed by atoms with E-state index in [0.29, 0.717) is 28.0 Å². The summed E-state index contributed by atoms with van der Waals surface area (Å²) in [6.07, 6.45) is 3.09. The summed E-state index contributed by atoms with van der Waals surface area (Å²) in [6.45, 7) is 0.159. The maximum atomic E-state index is 12.7. The van der Waals surface area contributed by atoms with Gasteiger partial charge in [-0.3, -0.25) is 4.79 Å². The van der Waals surface area contributed by atoms with E-state index in [4.69, 9.17) is 16.3 Å². The summed E-state index contributed by atoms with van der Waals surface area (Å²) in [7, 11) is 1.60. The first-order chi connectivity index (χ1) is 15.5. The lowest BCUT2D eigenvalue weighted by Gasteiger charge is -2.06. The molecule has 32 heavy (non-hydrogen) atoms. The molecule has 0 aliphatic rings. The van der Waals surface area contributed by atoms with Gasteiger partial charge in [-0.05, 0) is 35.4 Å². The number of hydrogen-bond donors (Lipinski definition) is 1. The zero-order chi connectivity index (χ0) is 22.5. The van der Waals surface area contributed by atoms with Crippen LogP contribution in [-0.2, 0) is 23.6 Å². The fourth-order valence-corrected chi connectivity index (χ4v) is 4.02. The lowest BCUT2D eigenvalue weighted by Crippen LogP contribution is -2.32. The summed E-state index contributed by atoms with van der Waals surface area (Å²) >= 11 is 7.39. The Morgan fingerprint density at radius 1 is 1.12 bits per heavy atom. The Balaban J connectivity index is 1.44. The molecule has 0 atom stereocenters. The van der Waals surface area contributed by atoms with E-state index in [1.165, 1.54) is 16.2 Å². The summed E-state index contributed by atoms with van der Waals surface area (Å²) in [6, 6.07) is 14.9. The Labute approximate surface area is 193 Å². The average molecular weight is 470 g/mol. The molecule has 0 spiro atoms. The van der Waals surface area contributed by atoms with Gasteiger partial charge in [0, 0.05) is 29.7 Å². The minimum Gasteiger partial charge on any atom is -0.497 e. The molecular weight excluding hydrogens is 450 g/mol. The molecule has 1 N–H and O–H groups in total. The second kappa shape index (κ2) is 9.88. The predicted octanol–water partition coefficient (Wildman–Crippen LogP) is 3.16. The Hall–Kier alpha value is -3.30. The average Bonchev–Trinajstić information content (AvgIpc) is 3.13. The van der Waals surface area contributed by atoms with Crippen LogP contribution in [-0.4, -0.2) is 32.2 Å². The molecule has 8 nitrogen and oxygen atoms in total. The van der Waals surface area contributed by atoms with E-state index in [-0.39, 0.29) is 12.5 Å². The van der Waals surface area contributed by atoms with E-state index in [1.54, 1.807) is 19.5 Å². The lowest BCUT2D eigenvalue weighted by atomic mass is 10.2. The van der Waals surface area contributed by atoms with Crippen LogP contribution in [0.25, 0.3) is 5.65 Å². The molecule has 0 radical (unpaired) electrons. The van der Waals surface area contributed by atoms with Crippen molar-refractivity contribution in [3.63, 3.8) is 0 Å². The molecule has 0 unspecified atom stereocenters. The van der Waals surface area contributed by atoms with Crippen LogP contribution in [0.3, 0.4) is 0 Å². The SMILES string of the molecule is COc1ccc(CNC(=O)Cn2nc3c(SCc4ccc(Cl)cc4)nccn3c2=O)cc1. The van der Waals surface area contributed by atoms with Gasteiger partial charge in [0.2, 0.25) is 5.91 Å². The molecule has 4 rings (SSSR count). The number of amides is 1. The predicted molar refractivity (Wildman–Crippen MR) is 123 cm³/mol. The number of methoxy groups -OCH3 is 1. The van der Waals surface area contributed by atoms with E-state index >= 15 is 0 Å². The third-order valence-electron chi connectivity index (χ3n) is 4.70. The number of rotatable bonds is 8. The van der Waals surface area contributed by atoms with E-state index in [1.807, 2.05) is 48.5 Å². The van der Waals surface area contributed by atoms with E-state index in [2.05, 4.69) is 15.4 Å². The molecule has 164 valence electrons. The number of benzene rings is 2. The van der Waals surface area contributed by atoms with Crippen molar-refractivity contribution < 1.29 is 9.53 Å². The highest BCUT2D eigenvalue weighted by atomic mass is 35.5. The molecule has 0 aliphatic carbocycles. The first kappa shape index (κ1) is 21.9. The van der Waals surface area contributed by atoms with Gasteiger partial charge in [0.25, 0.3) is 0 Å². The van der Waals surface area contributed by atoms with Crippen LogP contribution in [0, 0.1) is 0 Å². The van der Waals surface area contributed by atoms with Crippen LogP contribution >= 0.6 is 23.4 Å². The van der Waals surface area contributed by atoms with Gasteiger partial charge in [-0.25, -0.2) is 18.9 Å². The van der Waals surface area contributed by atoms with Crippen LogP contribution in [0.2, 0.25) is 5.02 Å². The molecule has 2 heterocycles. The van der Waals surface area contributed by atoms with Gasteiger partial charge in [-0.1, -0.05) is 47.6 Å². The second-order valence-corrected chi connectivity index (χ2v) is 8.31. The van der Waals surface area contributed by atoms with Gasteiger partial charge < -0.3 is 10.1 Å². The number of hydrogen-bond acceptors (Lipinski definition) is 6. The van der Waals surface area contributed by atoms with Crippen molar-refractivity contribution in [1.29, 1.82) is 0 Å². The Kier molecular flexibility index (Phi) is 6.77. The van der Waals surface area contributed by atoms with Crippen molar-refractivity contribution in [2.45, 2.75) is 23.9 Å². The summed E-state index contributed by atoms with van der Waals surface area (Å²) in [5.74, 6) is 1.08. The number of thioether (sulfide) groups is 1. The third kappa shape index (κ3) is 5.12. The van der Waals surface area contributed by atoms with Gasteiger partial charge >= 0.3 is 5.69 Å². The maximum Gasteiger partial charge on any atom is 0.350 e. The molecule has 0 aliphatic heterocycles. The molecular formula is C22H20ClN5O3S. The Morgan fingerprint density at radius 3 is 2.56 bits per heavy atom. The summed E-state index contributed by atoms with van der Waals surface area (Å²) in [5.41, 5.74) is 2.02. The molecule has 0 fully saturated rings. The van der Waals surface area contributed by atoms with Gasteiger partial charge in [0.05, 0.1) is 7.11 Å². The van der Waals surface area contributed by atoms with Crippen molar-refractivity contribution in [2.24, 2.45) is 0 Å². The first-order valence-electron chi connectivity index (χ1n) is 9.74. The zero-order valence-corrected chi connectivity index (χ0v) is 18.8. The molecule has 10 heteroatoms. The smallest absolute Gasteiger partial charge is 0.350 e. The third-order valence-corrected chi connectivity index (χ3v) is 5.99. The molecule has 1 amide bonds. The number of nitrogens with zero attached hydrogens (tertiary/aromatic N) is 4. The van der Waals surface area contributed by atoms with Crippen LogP contribution in [0.15, 0.2) is 70.7 Å². The van der Waals surface area contributed by atoms with Crippen molar-refractivity contribution in [3.05, 3.63) is 87.6 Å². The van der Waals surface area contributed by atoms with Crippen molar-refractivity contribution in [3.8, 4) is 5.75 Å². The fourth-order valence-electron chi connectivity index (χ4n) is 3.00. The standard InChI is InChI=1S/C22H20ClN5O3S/c1-31-18-8-4-15(5-9-18)12-25-19(29)13-28-22(30)27-11-10-24-21(20(27)26-28)32-14-16-2-6-17(23)7-3-16/h2-11H,12-14H2,1H3,(H,25,29). The minimum absolute atomic E-state index is 0.183. The zero-order valence-electron chi connectivity index (χ0n) is 17.2. The molecule has 0 saturated carbocycles. The largest absolute Gasteiger partial charge is 0.497 e. The monoisotopic (exact) mass is 469 g/mol. The number of aromatic nitrogens is 4. The normalized spacial score (nSPS) is 10.9. The summed E-state index contributed by atoms with van der Waals surface area (Å²) in [5, 5.41) is 8.43. The number of ether oxygens (including phenoxy) is 1. The molecule has 4 aromatic rings. The van der Waals surface area contributed by atoms with Crippen molar-refractivity contribution in [2.75, 3.05) is 7.11 Å². The molecule has 2 aromatic carbocycles. The van der Waals surface area contributed by atoms with Crippen molar-refractivity contribution >= 4 is 34.9 Å². The number of halogens is 1. The Morgan fingerprint density at radius 2 is 1.84 bits per heavy atom. The number of carbonyl (C=O) groups is 1. The van der Waals surface area contributed by atoms with Crippen LogP contribution in [0.5, 0.6) is 5.75 Å². The van der Waals surface area contributed by atoms with Gasteiger partial charge in [0.1, 0.15) is 17.3 Å². The van der Waals surface area contributed by atoms with E-state index in [0.717, 1.165) is 21.6 Å². The van der Waals surface area contributed by atoms with Crippen LogP contribution < -0.4 is 15.7 Å². The van der Waals surface area contributed by atoms with Crippen molar-refractivity contribution in [1.82, 2.24) is 24.5 Å². The highest BCUT2D eigenvalue weighted by Crippen LogP contribution is 2.24. The minimum atomic E-state index is -0.393. The van der Waals surface area contributed by atoms with E-state index in [9.17, 15) is 9.59 Å². The number of carbonyl (C=O) groups excluding carboxylic acids is 1. The number of fused-ring (bicyclic) bond motifs is 1. The number of nitrogens with one attached hydrogen (secondary N) is 1. The second-order valence-electron chi connectivity index (χ2n) is 6.91. The molecule has 2 aromatic heterocycles. The molecule has 0 bridgehead atoms. The van der Waals surface area contributed by atoms with Gasteiger partial charge in [-0.2, -0.15) is 0 Å². The van der Waals surface area contributed by atoms with Gasteiger partial charge in [-0.15, -0.1) is 5.10 Å². The van der Waals surface area contributed by atoms with Gasteiger partial charge in [0.15, 0.2) is 5.65 Å². The quantitative estimate of drug-likeness (QED) is 0.399. The summed E-state index contributed by atoms with van der Waals surface area (Å²) < 4.78 is 7.67.